The summed E-state index contributed by atoms with van der Waals surface area (Å²) in [4.78, 5) is 16.9. The summed E-state index contributed by atoms with van der Waals surface area (Å²) in [5, 5.41) is 0.598. The van der Waals surface area contributed by atoms with Crippen molar-refractivity contribution < 1.29 is 32.7 Å². The van der Waals surface area contributed by atoms with Crippen molar-refractivity contribution in [2.45, 2.75) is 13.8 Å². The molecule has 1 N–H and O–H groups in total. The van der Waals surface area contributed by atoms with Crippen LogP contribution in [-0.4, -0.2) is 4.98 Å². The van der Waals surface area contributed by atoms with Gasteiger partial charge in [-0.2, -0.15) is 0 Å². The summed E-state index contributed by atoms with van der Waals surface area (Å²) in [6, 6.07) is 5.07. The van der Waals surface area contributed by atoms with Crippen molar-refractivity contribution in [1.29, 1.82) is 0 Å². The Morgan fingerprint density at radius 1 is 1.33 bits per heavy atom. The number of rotatable bonds is 0. The zero-order valence-electron chi connectivity index (χ0n) is 9.04. The molecule has 0 fully saturated rings. The van der Waals surface area contributed by atoms with Crippen LogP contribution in [-0.2, 0) is 32.7 Å². The van der Waals surface area contributed by atoms with E-state index in [0.29, 0.717) is 16.1 Å². The zero-order chi connectivity index (χ0) is 9.84. The van der Waals surface area contributed by atoms with Gasteiger partial charge in [0.2, 0.25) is 0 Å². The molecule has 3 nitrogen and oxygen atoms in total. The van der Waals surface area contributed by atoms with Gasteiger partial charge in [-0.25, -0.2) is 0 Å². The molecule has 0 bridgehead atoms. The van der Waals surface area contributed by atoms with Gasteiger partial charge < -0.3 is 17.4 Å². The van der Waals surface area contributed by atoms with E-state index < -0.39 is 0 Å². The van der Waals surface area contributed by atoms with Crippen molar-refractivity contribution in [3.8, 4) is 0 Å². The number of imidazole rings is 1. The molecule has 0 atom stereocenters. The smallest absolute Gasteiger partial charge is 0.160 e. The second-order valence-electron chi connectivity index (χ2n) is 2.20. The van der Waals surface area contributed by atoms with E-state index in [9.17, 15) is 4.79 Å². The van der Waals surface area contributed by atoms with Gasteiger partial charge in [-0.05, 0) is 23.2 Å². The van der Waals surface area contributed by atoms with Crippen LogP contribution in [0, 0.1) is 7.43 Å². The summed E-state index contributed by atoms with van der Waals surface area (Å²) in [5.41, 5.74) is 1.00. The zero-order valence-corrected chi connectivity index (χ0v) is 12.6. The largest absolute Gasteiger partial charge is 0.424 e. The standard InChI is InChI=1S/C7H5ClN2O.C2H6.CH3.Y/c8-4-1-2-5-6(3-4)10-7(11)9-5;1-2;;/h1-3H,(H2,9,10,11);1-2H3;1H3;/q;;-1;/p-1. The second kappa shape index (κ2) is 8.08. The average molecular weight is 302 g/mol. The Kier molecular flexibility index (Phi) is 9.32. The molecule has 15 heavy (non-hydrogen) atoms. The Balaban J connectivity index is 0. The molecular weight excluding hydrogens is 288 g/mol. The van der Waals surface area contributed by atoms with Crippen molar-refractivity contribution in [3.63, 3.8) is 0 Å². The Bertz CT molecular complexity index is 450. The van der Waals surface area contributed by atoms with E-state index in [1.54, 1.807) is 18.2 Å². The van der Waals surface area contributed by atoms with E-state index in [1.165, 1.54) is 0 Å². The molecule has 0 unspecified atom stereocenters. The molecule has 0 aliphatic carbocycles. The number of fused-ring (bicyclic) bond motifs is 1. The van der Waals surface area contributed by atoms with Gasteiger partial charge in [0.25, 0.3) is 0 Å². The van der Waals surface area contributed by atoms with E-state index in [1.807, 2.05) is 13.8 Å². The molecule has 0 spiro atoms. The summed E-state index contributed by atoms with van der Waals surface area (Å²) in [6.07, 6.45) is 0. The molecule has 0 saturated carbocycles. The molecule has 0 aliphatic rings. The van der Waals surface area contributed by atoms with Gasteiger partial charge in [0.15, 0.2) is 5.69 Å². The predicted molar refractivity (Wildman–Crippen MR) is 60.7 cm³/mol. The number of hydrogen-bond acceptors (Lipinski definition) is 1. The van der Waals surface area contributed by atoms with E-state index in [2.05, 4.69) is 9.97 Å². The molecule has 81 valence electrons. The minimum atomic E-state index is -0.331. The fourth-order valence-corrected chi connectivity index (χ4v) is 1.13. The van der Waals surface area contributed by atoms with Crippen molar-refractivity contribution in [2.75, 3.05) is 0 Å². The normalized spacial score (nSPS) is 8.20. The Morgan fingerprint density at radius 2 is 1.93 bits per heavy atom. The van der Waals surface area contributed by atoms with E-state index in [0.717, 1.165) is 0 Å². The molecule has 5 heteroatoms. The van der Waals surface area contributed by atoms with Crippen LogP contribution in [0.1, 0.15) is 13.8 Å². The minimum Gasteiger partial charge on any atom is -0.424 e. The maximum Gasteiger partial charge on any atom is 0.160 e. The first-order valence-corrected chi connectivity index (χ1v) is 4.46. The van der Waals surface area contributed by atoms with Crippen LogP contribution in [0.25, 0.3) is 11.0 Å². The van der Waals surface area contributed by atoms with Crippen LogP contribution >= 0.6 is 11.6 Å². The first-order chi connectivity index (χ1) is 6.25. The maximum absolute atomic E-state index is 10.7. The SMILES string of the molecule is CC.O=c1[n-]c2ccc(Cl)cc2[nH]1.[CH3-].[Y]. The summed E-state index contributed by atoms with van der Waals surface area (Å²) >= 11 is 5.68. The molecule has 1 radical (unpaired) electrons. The van der Waals surface area contributed by atoms with Crippen LogP contribution in [0.2, 0.25) is 5.02 Å². The molecule has 0 aliphatic heterocycles. The third-order valence-corrected chi connectivity index (χ3v) is 1.66. The third-order valence-electron chi connectivity index (χ3n) is 1.42. The van der Waals surface area contributed by atoms with Crippen LogP contribution < -0.4 is 10.7 Å². The van der Waals surface area contributed by atoms with Gasteiger partial charge in [-0.3, -0.25) is 4.79 Å². The predicted octanol–water partition coefficient (Wildman–Crippen LogP) is 2.61. The molecule has 2 aromatic rings. The maximum atomic E-state index is 10.7. The number of nitrogens with one attached hydrogen (secondary N) is 1. The molecule has 0 saturated heterocycles. The first-order valence-electron chi connectivity index (χ1n) is 4.08. The van der Waals surface area contributed by atoms with Crippen molar-refractivity contribution in [2.24, 2.45) is 0 Å². The number of aromatic nitrogens is 2. The number of halogens is 1. The molecule has 2 rings (SSSR count). The van der Waals surface area contributed by atoms with E-state index >= 15 is 0 Å². The Labute approximate surface area is 119 Å². The van der Waals surface area contributed by atoms with Gasteiger partial charge >= 0.3 is 0 Å². The number of benzene rings is 1. The van der Waals surface area contributed by atoms with Crippen molar-refractivity contribution in [3.05, 3.63) is 41.1 Å². The van der Waals surface area contributed by atoms with Gasteiger partial charge in [0.05, 0.1) is 0 Å². The first kappa shape index (κ1) is 17.3. The van der Waals surface area contributed by atoms with Gasteiger partial charge in [0, 0.05) is 37.7 Å². The molecular formula is C10H13ClN2OY-2. The monoisotopic (exact) mass is 301 g/mol. The average Bonchev–Trinajstić information content (AvgIpc) is 2.48. The molecule has 0 amide bonds. The van der Waals surface area contributed by atoms with E-state index in [4.69, 9.17) is 11.6 Å². The quantitative estimate of drug-likeness (QED) is 0.760. The van der Waals surface area contributed by atoms with Crippen LogP contribution in [0.3, 0.4) is 0 Å². The Morgan fingerprint density at radius 3 is 2.53 bits per heavy atom. The summed E-state index contributed by atoms with van der Waals surface area (Å²) < 4.78 is 0. The van der Waals surface area contributed by atoms with Crippen molar-refractivity contribution >= 4 is 22.6 Å². The van der Waals surface area contributed by atoms with E-state index in [-0.39, 0.29) is 45.8 Å². The number of H-pyrrole nitrogens is 1. The molecule has 1 aromatic heterocycles. The molecule has 1 heterocycles. The van der Waals surface area contributed by atoms with Gasteiger partial charge in [-0.15, -0.1) is 0 Å². The fraction of sp³-hybridized carbons (Fsp3) is 0.200. The van der Waals surface area contributed by atoms with Crippen molar-refractivity contribution in [1.82, 2.24) is 9.97 Å². The summed E-state index contributed by atoms with van der Waals surface area (Å²) in [6.45, 7) is 4.00. The Hall–Kier alpha value is -0.116. The third kappa shape index (κ3) is 4.50. The van der Waals surface area contributed by atoms with Crippen LogP contribution in [0.15, 0.2) is 23.0 Å². The number of nitrogens with zero attached hydrogens (tertiary/aromatic N) is 1. The molecule has 1 aromatic carbocycles. The van der Waals surface area contributed by atoms with Gasteiger partial charge in [-0.1, -0.05) is 31.5 Å². The minimum absolute atomic E-state index is 0. The second-order valence-corrected chi connectivity index (χ2v) is 2.64. The van der Waals surface area contributed by atoms with Crippen LogP contribution in [0.5, 0.6) is 0 Å². The fourth-order valence-electron chi connectivity index (χ4n) is 0.958. The van der Waals surface area contributed by atoms with Gasteiger partial charge in [0.1, 0.15) is 0 Å². The number of hydrogen-bond donors (Lipinski definition) is 1. The topological polar surface area (TPSA) is 47.0 Å². The summed E-state index contributed by atoms with van der Waals surface area (Å²) in [5.74, 6) is 0. The number of aromatic amines is 1. The summed E-state index contributed by atoms with van der Waals surface area (Å²) in [7, 11) is 0. The van der Waals surface area contributed by atoms with Crippen LogP contribution in [0.4, 0.5) is 0 Å².